The van der Waals surface area contributed by atoms with Crippen molar-refractivity contribution in [2.75, 3.05) is 0 Å². The average Bonchev–Trinajstić information content (AvgIpc) is 2.71. The van der Waals surface area contributed by atoms with E-state index in [0.717, 1.165) is 16.6 Å². The molecule has 0 saturated carbocycles. The largest absolute Gasteiger partial charge is 0.473 e. The summed E-state index contributed by atoms with van der Waals surface area (Å²) in [7, 11) is 0. The number of hydrogen-bond acceptors (Lipinski definition) is 4. The van der Waals surface area contributed by atoms with Crippen molar-refractivity contribution in [3.05, 3.63) is 29.0 Å². The number of hydrogen-bond donors (Lipinski definition) is 0. The standard InChI is InChI=1S/C13H13ClN4O/c1-7(2)19-13-11-6-9(14)4-5-10(11)12-16-15-8(3)18(12)17-13/h4-7H,1-3H3. The van der Waals surface area contributed by atoms with Crippen LogP contribution in [-0.2, 0) is 0 Å². The van der Waals surface area contributed by atoms with Crippen molar-refractivity contribution in [2.24, 2.45) is 0 Å². The van der Waals surface area contributed by atoms with Crippen molar-refractivity contribution in [2.45, 2.75) is 26.9 Å². The number of benzene rings is 1. The second-order valence-electron chi connectivity index (χ2n) is 4.64. The van der Waals surface area contributed by atoms with Crippen LogP contribution in [0.3, 0.4) is 0 Å². The minimum Gasteiger partial charge on any atom is -0.473 e. The number of aryl methyl sites for hydroxylation is 1. The summed E-state index contributed by atoms with van der Waals surface area (Å²) >= 11 is 6.06. The van der Waals surface area contributed by atoms with Crippen molar-refractivity contribution >= 4 is 28.0 Å². The van der Waals surface area contributed by atoms with E-state index in [9.17, 15) is 0 Å². The zero-order valence-electron chi connectivity index (χ0n) is 10.9. The van der Waals surface area contributed by atoms with E-state index in [4.69, 9.17) is 16.3 Å². The molecule has 0 bridgehead atoms. The molecular formula is C13H13ClN4O. The third-order valence-corrected chi connectivity index (χ3v) is 3.02. The summed E-state index contributed by atoms with van der Waals surface area (Å²) in [6.07, 6.45) is 0.0314. The average molecular weight is 277 g/mol. The van der Waals surface area contributed by atoms with Crippen molar-refractivity contribution in [3.8, 4) is 5.88 Å². The number of rotatable bonds is 2. The Morgan fingerprint density at radius 1 is 1.21 bits per heavy atom. The van der Waals surface area contributed by atoms with E-state index >= 15 is 0 Å². The Morgan fingerprint density at radius 2 is 2.00 bits per heavy atom. The van der Waals surface area contributed by atoms with Crippen LogP contribution in [0.15, 0.2) is 18.2 Å². The van der Waals surface area contributed by atoms with Gasteiger partial charge in [-0.2, -0.15) is 4.52 Å². The summed E-state index contributed by atoms with van der Waals surface area (Å²) in [4.78, 5) is 0. The minimum absolute atomic E-state index is 0.0314. The predicted octanol–water partition coefficient (Wildman–Crippen LogP) is 3.03. The fraction of sp³-hybridized carbons (Fsp3) is 0.308. The molecule has 0 radical (unpaired) electrons. The van der Waals surface area contributed by atoms with Crippen LogP contribution in [0.25, 0.3) is 16.4 Å². The van der Waals surface area contributed by atoms with E-state index in [1.54, 1.807) is 4.52 Å². The topological polar surface area (TPSA) is 52.3 Å². The Hall–Kier alpha value is -1.88. The molecule has 98 valence electrons. The number of halogens is 1. The monoisotopic (exact) mass is 276 g/mol. The van der Waals surface area contributed by atoms with Crippen molar-refractivity contribution < 1.29 is 4.74 Å². The lowest BCUT2D eigenvalue weighted by molar-refractivity contribution is 0.232. The van der Waals surface area contributed by atoms with Gasteiger partial charge in [0.15, 0.2) is 11.5 Å². The van der Waals surface area contributed by atoms with Crippen LogP contribution in [0, 0.1) is 6.92 Å². The van der Waals surface area contributed by atoms with Gasteiger partial charge < -0.3 is 4.74 Å². The summed E-state index contributed by atoms with van der Waals surface area (Å²) in [5.41, 5.74) is 0.709. The van der Waals surface area contributed by atoms with E-state index in [1.807, 2.05) is 39.0 Å². The lowest BCUT2D eigenvalue weighted by Gasteiger charge is -2.12. The maximum atomic E-state index is 6.06. The van der Waals surface area contributed by atoms with Crippen molar-refractivity contribution in [1.29, 1.82) is 0 Å². The molecule has 0 aliphatic rings. The molecule has 0 aliphatic heterocycles. The minimum atomic E-state index is 0.0314. The molecule has 0 aliphatic carbocycles. The molecule has 2 heterocycles. The molecule has 19 heavy (non-hydrogen) atoms. The first kappa shape index (κ1) is 12.2. The quantitative estimate of drug-likeness (QED) is 0.722. The van der Waals surface area contributed by atoms with Gasteiger partial charge >= 0.3 is 0 Å². The van der Waals surface area contributed by atoms with Crippen LogP contribution in [0.2, 0.25) is 5.02 Å². The smallest absolute Gasteiger partial charge is 0.240 e. The molecule has 6 heteroatoms. The first-order chi connectivity index (χ1) is 9.06. The SMILES string of the molecule is Cc1nnc2c3ccc(Cl)cc3c(OC(C)C)nn12. The molecule has 0 saturated heterocycles. The van der Waals surface area contributed by atoms with Crippen LogP contribution in [0.4, 0.5) is 0 Å². The van der Waals surface area contributed by atoms with Gasteiger partial charge in [0.05, 0.1) is 11.5 Å². The molecule has 0 atom stereocenters. The summed E-state index contributed by atoms with van der Waals surface area (Å²) in [5.74, 6) is 1.27. The molecular weight excluding hydrogens is 264 g/mol. The van der Waals surface area contributed by atoms with E-state index in [-0.39, 0.29) is 6.10 Å². The molecule has 3 aromatic rings. The molecule has 0 amide bonds. The maximum Gasteiger partial charge on any atom is 0.240 e. The first-order valence-electron chi connectivity index (χ1n) is 6.04. The molecule has 0 N–H and O–H groups in total. The highest BCUT2D eigenvalue weighted by molar-refractivity contribution is 6.31. The van der Waals surface area contributed by atoms with Crippen molar-refractivity contribution in [3.63, 3.8) is 0 Å². The summed E-state index contributed by atoms with van der Waals surface area (Å²) in [5, 5.41) is 15.1. The van der Waals surface area contributed by atoms with E-state index in [0.29, 0.717) is 16.5 Å². The van der Waals surface area contributed by atoms with Gasteiger partial charge in [-0.3, -0.25) is 0 Å². The first-order valence-corrected chi connectivity index (χ1v) is 6.42. The van der Waals surface area contributed by atoms with Gasteiger partial charge in [-0.15, -0.1) is 15.3 Å². The van der Waals surface area contributed by atoms with Gasteiger partial charge in [0.2, 0.25) is 5.88 Å². The fourth-order valence-electron chi connectivity index (χ4n) is 1.99. The number of nitrogens with zero attached hydrogens (tertiary/aromatic N) is 4. The second-order valence-corrected chi connectivity index (χ2v) is 5.08. The van der Waals surface area contributed by atoms with Crippen LogP contribution < -0.4 is 4.74 Å². The highest BCUT2D eigenvalue weighted by Crippen LogP contribution is 2.29. The van der Waals surface area contributed by atoms with E-state index in [1.165, 1.54) is 0 Å². The van der Waals surface area contributed by atoms with E-state index < -0.39 is 0 Å². The molecule has 2 aromatic heterocycles. The van der Waals surface area contributed by atoms with Crippen LogP contribution in [0.1, 0.15) is 19.7 Å². The number of ether oxygens (including phenoxy) is 1. The van der Waals surface area contributed by atoms with Gasteiger partial charge in [0.25, 0.3) is 0 Å². The van der Waals surface area contributed by atoms with Crippen LogP contribution in [-0.4, -0.2) is 25.9 Å². The highest BCUT2D eigenvalue weighted by atomic mass is 35.5. The summed E-state index contributed by atoms with van der Waals surface area (Å²) in [6, 6.07) is 5.58. The Labute approximate surface area is 115 Å². The Balaban J connectivity index is 2.41. The maximum absolute atomic E-state index is 6.06. The normalized spacial score (nSPS) is 11.6. The van der Waals surface area contributed by atoms with Crippen LogP contribution >= 0.6 is 11.6 Å². The summed E-state index contributed by atoms with van der Waals surface area (Å²) < 4.78 is 7.46. The highest BCUT2D eigenvalue weighted by Gasteiger charge is 2.14. The van der Waals surface area contributed by atoms with Gasteiger partial charge in [-0.1, -0.05) is 11.6 Å². The van der Waals surface area contributed by atoms with E-state index in [2.05, 4.69) is 15.3 Å². The van der Waals surface area contributed by atoms with Gasteiger partial charge in [-0.25, -0.2) is 0 Å². The second kappa shape index (κ2) is 4.35. The van der Waals surface area contributed by atoms with Gasteiger partial charge in [0.1, 0.15) is 0 Å². The van der Waals surface area contributed by atoms with Gasteiger partial charge in [0, 0.05) is 10.4 Å². The molecule has 1 aromatic carbocycles. The number of aromatic nitrogens is 4. The zero-order chi connectivity index (χ0) is 13.6. The van der Waals surface area contributed by atoms with Crippen molar-refractivity contribution in [1.82, 2.24) is 19.8 Å². The Kier molecular flexibility index (Phi) is 2.78. The third-order valence-electron chi connectivity index (χ3n) is 2.79. The Morgan fingerprint density at radius 3 is 2.74 bits per heavy atom. The summed E-state index contributed by atoms with van der Waals surface area (Å²) in [6.45, 7) is 5.77. The molecule has 0 unspecified atom stereocenters. The fourth-order valence-corrected chi connectivity index (χ4v) is 2.16. The number of fused-ring (bicyclic) bond motifs is 3. The van der Waals surface area contributed by atoms with Crippen LogP contribution in [0.5, 0.6) is 5.88 Å². The third kappa shape index (κ3) is 2.00. The molecule has 0 fully saturated rings. The molecule has 5 nitrogen and oxygen atoms in total. The lowest BCUT2D eigenvalue weighted by Crippen LogP contribution is -2.09. The lowest BCUT2D eigenvalue weighted by atomic mass is 10.2. The zero-order valence-corrected chi connectivity index (χ0v) is 11.6. The predicted molar refractivity (Wildman–Crippen MR) is 73.8 cm³/mol. The Bertz CT molecular complexity index is 766. The molecule has 3 rings (SSSR count). The molecule has 0 spiro atoms. The van der Waals surface area contributed by atoms with Gasteiger partial charge in [-0.05, 0) is 39.0 Å².